The van der Waals surface area contributed by atoms with E-state index in [2.05, 4.69) is 43.3 Å². The highest BCUT2D eigenvalue weighted by molar-refractivity contribution is 6.11. The van der Waals surface area contributed by atoms with E-state index in [-0.39, 0.29) is 17.2 Å². The second-order valence-electron chi connectivity index (χ2n) is 8.70. The second kappa shape index (κ2) is 7.84. The Balaban J connectivity index is 1.71. The molecule has 5 heteroatoms. The van der Waals surface area contributed by atoms with Gasteiger partial charge in [-0.2, -0.15) is 5.10 Å². The van der Waals surface area contributed by atoms with Crippen molar-refractivity contribution in [2.45, 2.75) is 33.1 Å². The van der Waals surface area contributed by atoms with Crippen molar-refractivity contribution in [3.63, 3.8) is 0 Å². The predicted octanol–water partition coefficient (Wildman–Crippen LogP) is 5.06. The topological polar surface area (TPSA) is 64.0 Å². The van der Waals surface area contributed by atoms with Gasteiger partial charge in [-0.15, -0.1) is 0 Å². The fourth-order valence-corrected chi connectivity index (χ4v) is 3.51. The maximum Gasteiger partial charge on any atom is 0.255 e. The third-order valence-electron chi connectivity index (χ3n) is 5.30. The average Bonchev–Trinajstić information content (AvgIpc) is 3.32. The molecule has 1 amide bonds. The fraction of sp³-hybridized carbons (Fsp3) is 0.192. The highest BCUT2D eigenvalue weighted by Crippen LogP contribution is 2.29. The Morgan fingerprint density at radius 1 is 1.00 bits per heavy atom. The van der Waals surface area contributed by atoms with Crippen LogP contribution in [-0.2, 0) is 10.2 Å². The van der Waals surface area contributed by atoms with Gasteiger partial charge >= 0.3 is 0 Å². The Morgan fingerprint density at radius 3 is 2.29 bits per heavy atom. The second-order valence-corrected chi connectivity index (χ2v) is 8.70. The molecule has 5 nitrogen and oxygen atoms in total. The lowest BCUT2D eigenvalue weighted by Crippen LogP contribution is -2.16. The van der Waals surface area contributed by atoms with Crippen LogP contribution in [0.25, 0.3) is 23.0 Å². The van der Waals surface area contributed by atoms with Gasteiger partial charge in [-0.3, -0.25) is 9.59 Å². The highest BCUT2D eigenvalue weighted by Gasteiger charge is 2.21. The normalized spacial score (nSPS) is 15.2. The molecule has 0 radical (unpaired) electrons. The molecule has 2 aromatic carbocycles. The van der Waals surface area contributed by atoms with Crippen molar-refractivity contribution in [1.29, 1.82) is 0 Å². The lowest BCUT2D eigenvalue weighted by Gasteiger charge is -2.19. The highest BCUT2D eigenvalue weighted by atomic mass is 16.2. The third kappa shape index (κ3) is 4.26. The molecule has 1 aliphatic heterocycles. The van der Waals surface area contributed by atoms with Crippen molar-refractivity contribution in [2.24, 2.45) is 0 Å². The molecule has 0 aliphatic carbocycles. The van der Waals surface area contributed by atoms with Crippen molar-refractivity contribution >= 4 is 23.6 Å². The molecule has 1 aromatic heterocycles. The van der Waals surface area contributed by atoms with Crippen molar-refractivity contribution in [3.05, 3.63) is 89.1 Å². The number of nitrogens with zero attached hydrogens (tertiary/aromatic N) is 2. The summed E-state index contributed by atoms with van der Waals surface area (Å²) in [6.07, 6.45) is 5.28. The van der Waals surface area contributed by atoms with Crippen molar-refractivity contribution in [2.75, 3.05) is 0 Å². The SMILES string of the molecule is CC(=O)n1cc(C=C2C=C(c3ccc(C(C)(C)C)cc3)NC2=O)c(-c2ccccc2)n1. The third-order valence-corrected chi connectivity index (χ3v) is 5.30. The van der Waals surface area contributed by atoms with Crippen molar-refractivity contribution in [1.82, 2.24) is 15.1 Å². The van der Waals surface area contributed by atoms with Crippen LogP contribution >= 0.6 is 0 Å². The Labute approximate surface area is 182 Å². The predicted molar refractivity (Wildman–Crippen MR) is 123 cm³/mol. The molecular formula is C26H25N3O2. The minimum Gasteiger partial charge on any atom is -0.321 e. The first-order chi connectivity index (χ1) is 14.7. The van der Waals surface area contributed by atoms with Crippen LogP contribution in [0.2, 0.25) is 0 Å². The smallest absolute Gasteiger partial charge is 0.255 e. The number of carbonyl (C=O) groups is 2. The summed E-state index contributed by atoms with van der Waals surface area (Å²) < 4.78 is 1.30. The maximum absolute atomic E-state index is 12.7. The Bertz CT molecular complexity index is 1210. The van der Waals surface area contributed by atoms with Gasteiger partial charge in [-0.25, -0.2) is 4.68 Å². The molecule has 0 fully saturated rings. The molecule has 0 saturated carbocycles. The largest absolute Gasteiger partial charge is 0.321 e. The summed E-state index contributed by atoms with van der Waals surface area (Å²) in [5, 5.41) is 7.37. The van der Waals surface area contributed by atoms with Gasteiger partial charge in [0.1, 0.15) is 5.69 Å². The van der Waals surface area contributed by atoms with E-state index < -0.39 is 0 Å². The van der Waals surface area contributed by atoms with Crippen molar-refractivity contribution in [3.8, 4) is 11.3 Å². The van der Waals surface area contributed by atoms with Crippen LogP contribution in [0.15, 0.2) is 72.4 Å². The van der Waals surface area contributed by atoms with Crippen LogP contribution in [0.3, 0.4) is 0 Å². The van der Waals surface area contributed by atoms with Gasteiger partial charge in [-0.05, 0) is 28.7 Å². The molecular weight excluding hydrogens is 386 g/mol. The summed E-state index contributed by atoms with van der Waals surface area (Å²) in [7, 11) is 0. The maximum atomic E-state index is 12.7. The van der Waals surface area contributed by atoms with E-state index in [1.54, 1.807) is 12.3 Å². The molecule has 0 unspecified atom stereocenters. The zero-order chi connectivity index (χ0) is 22.2. The number of benzene rings is 2. The van der Waals surface area contributed by atoms with Gasteiger partial charge in [0.2, 0.25) is 5.91 Å². The first-order valence-electron chi connectivity index (χ1n) is 10.2. The molecule has 0 bridgehead atoms. The molecule has 1 N–H and O–H groups in total. The molecule has 0 saturated heterocycles. The quantitative estimate of drug-likeness (QED) is 0.613. The zero-order valence-electron chi connectivity index (χ0n) is 18.1. The standard InChI is InChI=1S/C26H25N3O2/c1-17(30)29-16-21(24(28-29)19-8-6-5-7-9-19)14-20-15-23(27-25(20)31)18-10-12-22(13-11-18)26(2,3)4/h5-16H,1-4H3,(H,27,31). The van der Waals surface area contributed by atoms with Crippen LogP contribution in [0.4, 0.5) is 0 Å². The summed E-state index contributed by atoms with van der Waals surface area (Å²) in [6, 6.07) is 17.9. The minimum atomic E-state index is -0.187. The molecule has 0 spiro atoms. The summed E-state index contributed by atoms with van der Waals surface area (Å²) in [5.41, 5.74) is 5.80. The summed E-state index contributed by atoms with van der Waals surface area (Å²) in [6.45, 7) is 7.97. The molecule has 1 aliphatic rings. The molecule has 4 rings (SSSR count). The summed E-state index contributed by atoms with van der Waals surface area (Å²) in [4.78, 5) is 24.5. The van der Waals surface area contributed by atoms with Crippen LogP contribution < -0.4 is 5.32 Å². The molecule has 156 valence electrons. The van der Waals surface area contributed by atoms with Gasteiger partial charge in [0, 0.05) is 35.5 Å². The van der Waals surface area contributed by atoms with Gasteiger partial charge in [0.15, 0.2) is 0 Å². The lowest BCUT2D eigenvalue weighted by molar-refractivity contribution is -0.115. The number of amides is 1. The number of nitrogens with one attached hydrogen (secondary N) is 1. The van der Waals surface area contributed by atoms with E-state index in [4.69, 9.17) is 0 Å². The first-order valence-corrected chi connectivity index (χ1v) is 10.2. The van der Waals surface area contributed by atoms with E-state index in [0.717, 1.165) is 16.8 Å². The summed E-state index contributed by atoms with van der Waals surface area (Å²) >= 11 is 0. The van der Waals surface area contributed by atoms with Crippen LogP contribution in [0.5, 0.6) is 0 Å². The van der Waals surface area contributed by atoms with E-state index in [0.29, 0.717) is 16.8 Å². The van der Waals surface area contributed by atoms with Gasteiger partial charge < -0.3 is 5.32 Å². The summed E-state index contributed by atoms with van der Waals surface area (Å²) in [5.74, 6) is -0.364. The number of hydrogen-bond donors (Lipinski definition) is 1. The molecule has 31 heavy (non-hydrogen) atoms. The van der Waals surface area contributed by atoms with E-state index >= 15 is 0 Å². The van der Waals surface area contributed by atoms with E-state index in [1.807, 2.05) is 48.5 Å². The Hall–Kier alpha value is -3.73. The first kappa shape index (κ1) is 20.5. The van der Waals surface area contributed by atoms with E-state index in [1.165, 1.54) is 17.2 Å². The van der Waals surface area contributed by atoms with Crippen LogP contribution in [0, 0.1) is 0 Å². The number of hydrogen-bond acceptors (Lipinski definition) is 3. The van der Waals surface area contributed by atoms with Gasteiger partial charge in [0.05, 0.1) is 0 Å². The van der Waals surface area contributed by atoms with Gasteiger partial charge in [-0.1, -0.05) is 75.4 Å². The van der Waals surface area contributed by atoms with Gasteiger partial charge in [0.25, 0.3) is 5.91 Å². The number of aromatic nitrogens is 2. The fourth-order valence-electron chi connectivity index (χ4n) is 3.51. The average molecular weight is 412 g/mol. The van der Waals surface area contributed by atoms with Crippen LogP contribution in [0.1, 0.15) is 49.2 Å². The number of rotatable bonds is 3. The zero-order valence-corrected chi connectivity index (χ0v) is 18.1. The minimum absolute atomic E-state index is 0.0710. The molecule has 0 atom stereocenters. The Morgan fingerprint density at radius 2 is 1.68 bits per heavy atom. The number of carbonyl (C=O) groups excluding carboxylic acids is 2. The lowest BCUT2D eigenvalue weighted by atomic mass is 9.86. The molecule has 2 heterocycles. The molecule has 3 aromatic rings. The van der Waals surface area contributed by atoms with Crippen molar-refractivity contribution < 1.29 is 9.59 Å². The monoisotopic (exact) mass is 411 g/mol. The Kier molecular flexibility index (Phi) is 5.19. The van der Waals surface area contributed by atoms with Crippen LogP contribution in [-0.4, -0.2) is 21.6 Å². The van der Waals surface area contributed by atoms with E-state index in [9.17, 15) is 9.59 Å².